The van der Waals surface area contributed by atoms with E-state index in [1.54, 1.807) is 29.1 Å². The van der Waals surface area contributed by atoms with Crippen LogP contribution in [0.1, 0.15) is 0 Å². The lowest BCUT2D eigenvalue weighted by atomic mass is 10.5. The van der Waals surface area contributed by atoms with Gasteiger partial charge in [-0.15, -0.1) is 0 Å². The minimum absolute atomic E-state index is 0.00861. The summed E-state index contributed by atoms with van der Waals surface area (Å²) in [5.41, 5.74) is 0. The Balaban J connectivity index is 2.67. The highest BCUT2D eigenvalue weighted by molar-refractivity contribution is 5.64. The van der Waals surface area contributed by atoms with Crippen LogP contribution in [0.3, 0.4) is 0 Å². The number of carboxylic acid groups (broad SMARTS) is 1. The van der Waals surface area contributed by atoms with Crippen molar-refractivity contribution in [3.63, 3.8) is 0 Å². The topological polar surface area (TPSA) is 41.2 Å². The Kier molecular flexibility index (Phi) is 1.99. The van der Waals surface area contributed by atoms with Gasteiger partial charge in [-0.1, -0.05) is 0 Å². The number of rotatable bonds is 2. The van der Waals surface area contributed by atoms with E-state index in [1.165, 1.54) is 0 Å². The smallest absolute Gasteiger partial charge is 0.370 e. The van der Waals surface area contributed by atoms with Crippen LogP contribution in [0.15, 0.2) is 24.5 Å². The van der Waals surface area contributed by atoms with Crippen LogP contribution in [-0.2, 0) is 11.3 Å². The maximum absolute atomic E-state index is 10.1. The van der Waals surface area contributed by atoms with Gasteiger partial charge >= 0.3 is 5.97 Å². The zero-order chi connectivity index (χ0) is 7.40. The zero-order valence-electron chi connectivity index (χ0n) is 5.32. The Labute approximate surface area is 58.5 Å². The van der Waals surface area contributed by atoms with Crippen LogP contribution >= 0.6 is 0 Å². The van der Waals surface area contributed by atoms with Gasteiger partial charge in [-0.3, -0.25) is 0 Å². The summed E-state index contributed by atoms with van der Waals surface area (Å²) in [6, 6.07) is 6.13. The van der Waals surface area contributed by atoms with E-state index in [0.29, 0.717) is 0 Å². The molecule has 0 aliphatic carbocycles. The van der Waals surface area contributed by atoms with Crippen LogP contribution < -0.4 is 4.57 Å². The molecule has 0 aliphatic rings. The molecular weight excluding hydrogens is 130 g/mol. The molecule has 1 N–H and O–H groups in total. The molecule has 0 fully saturated rings. The molecule has 1 aromatic heterocycles. The lowest BCUT2D eigenvalue weighted by Gasteiger charge is -1.87. The van der Waals surface area contributed by atoms with Crippen molar-refractivity contribution in [3.8, 4) is 0 Å². The first-order chi connectivity index (χ1) is 4.79. The van der Waals surface area contributed by atoms with Crippen LogP contribution in [0.4, 0.5) is 0 Å². The zero-order valence-corrected chi connectivity index (χ0v) is 5.32. The van der Waals surface area contributed by atoms with Crippen molar-refractivity contribution < 1.29 is 14.5 Å². The predicted octanol–water partition coefficient (Wildman–Crippen LogP) is -0.141. The van der Waals surface area contributed by atoms with Gasteiger partial charge in [0.2, 0.25) is 6.54 Å². The van der Waals surface area contributed by atoms with Crippen LogP contribution in [0, 0.1) is 6.07 Å². The number of hydrogen-bond donors (Lipinski definition) is 1. The SMILES string of the molecule is O=C(O)C[n+]1cc[c]cc1. The number of pyridine rings is 1. The lowest BCUT2D eigenvalue weighted by Crippen LogP contribution is -2.36. The third-order valence-corrected chi connectivity index (χ3v) is 1.04. The largest absolute Gasteiger partial charge is 0.477 e. The molecule has 51 valence electrons. The Morgan fingerprint density at radius 3 is 2.60 bits per heavy atom. The summed E-state index contributed by atoms with van der Waals surface area (Å²) >= 11 is 0. The van der Waals surface area contributed by atoms with Crippen molar-refractivity contribution in [3.05, 3.63) is 30.6 Å². The number of carbonyl (C=O) groups is 1. The fourth-order valence-corrected chi connectivity index (χ4v) is 0.644. The summed E-state index contributed by atoms with van der Waals surface area (Å²) in [7, 11) is 0. The molecule has 3 nitrogen and oxygen atoms in total. The second-order valence-electron chi connectivity index (χ2n) is 1.86. The number of aliphatic carboxylic acids is 1. The molecule has 0 amide bonds. The number of hydrogen-bond acceptors (Lipinski definition) is 1. The van der Waals surface area contributed by atoms with E-state index in [-0.39, 0.29) is 6.54 Å². The molecule has 0 saturated carbocycles. The Morgan fingerprint density at radius 2 is 2.10 bits per heavy atom. The summed E-state index contributed by atoms with van der Waals surface area (Å²) in [5, 5.41) is 8.34. The average molecular weight is 137 g/mol. The molecule has 1 rings (SSSR count). The van der Waals surface area contributed by atoms with E-state index in [0.717, 1.165) is 0 Å². The molecule has 0 bridgehead atoms. The lowest BCUT2D eigenvalue weighted by molar-refractivity contribution is -0.685. The maximum atomic E-state index is 10.1. The summed E-state index contributed by atoms with van der Waals surface area (Å²) in [6.07, 6.45) is 3.32. The predicted molar refractivity (Wildman–Crippen MR) is 33.1 cm³/mol. The highest BCUT2D eigenvalue weighted by Crippen LogP contribution is 1.74. The van der Waals surface area contributed by atoms with E-state index in [4.69, 9.17) is 5.11 Å². The molecule has 1 radical (unpaired) electrons. The van der Waals surface area contributed by atoms with Crippen molar-refractivity contribution in [2.24, 2.45) is 0 Å². The highest BCUT2D eigenvalue weighted by atomic mass is 16.4. The van der Waals surface area contributed by atoms with E-state index in [2.05, 4.69) is 6.07 Å². The summed E-state index contributed by atoms with van der Waals surface area (Å²) < 4.78 is 1.57. The van der Waals surface area contributed by atoms with Gasteiger partial charge in [0.15, 0.2) is 12.4 Å². The second-order valence-corrected chi connectivity index (χ2v) is 1.86. The first-order valence-corrected chi connectivity index (χ1v) is 2.86. The molecule has 10 heavy (non-hydrogen) atoms. The minimum atomic E-state index is -0.837. The quantitative estimate of drug-likeness (QED) is 0.576. The maximum Gasteiger partial charge on any atom is 0.370 e. The monoisotopic (exact) mass is 137 g/mol. The van der Waals surface area contributed by atoms with Gasteiger partial charge in [0, 0.05) is 12.1 Å². The van der Waals surface area contributed by atoms with Gasteiger partial charge in [0.05, 0.1) is 0 Å². The fourth-order valence-electron chi connectivity index (χ4n) is 0.644. The van der Waals surface area contributed by atoms with Gasteiger partial charge < -0.3 is 5.11 Å². The molecule has 3 heteroatoms. The van der Waals surface area contributed by atoms with Crippen molar-refractivity contribution in [2.75, 3.05) is 0 Å². The first kappa shape index (κ1) is 6.74. The molecular formula is C7H7NO2+. The van der Waals surface area contributed by atoms with Crippen molar-refractivity contribution in [1.29, 1.82) is 0 Å². The average Bonchev–Trinajstić information content (AvgIpc) is 1.88. The van der Waals surface area contributed by atoms with Gasteiger partial charge in [-0.25, -0.2) is 4.79 Å². The Morgan fingerprint density at radius 1 is 1.50 bits per heavy atom. The number of carboxylic acids is 1. The van der Waals surface area contributed by atoms with Crippen LogP contribution in [0.25, 0.3) is 0 Å². The van der Waals surface area contributed by atoms with Crippen molar-refractivity contribution >= 4 is 5.97 Å². The van der Waals surface area contributed by atoms with Crippen LogP contribution in [-0.4, -0.2) is 11.1 Å². The molecule has 0 saturated heterocycles. The summed E-state index contributed by atoms with van der Waals surface area (Å²) in [5.74, 6) is -0.837. The molecule has 0 unspecified atom stereocenters. The minimum Gasteiger partial charge on any atom is -0.477 e. The van der Waals surface area contributed by atoms with E-state index < -0.39 is 5.97 Å². The second kappa shape index (κ2) is 2.96. The van der Waals surface area contributed by atoms with Gasteiger partial charge in [-0.2, -0.15) is 4.57 Å². The summed E-state index contributed by atoms with van der Waals surface area (Å²) in [6.45, 7) is 0.00861. The molecule has 0 atom stereocenters. The molecule has 0 aliphatic heterocycles. The molecule has 1 aromatic rings. The van der Waals surface area contributed by atoms with Crippen molar-refractivity contribution in [2.45, 2.75) is 6.54 Å². The summed E-state index contributed by atoms with van der Waals surface area (Å²) in [4.78, 5) is 10.1. The third-order valence-electron chi connectivity index (χ3n) is 1.04. The standard InChI is InChI=1S/C7H6NO2/c9-7(10)6-8-4-2-1-3-5-8/h2-5H,6H2/p+1. The third kappa shape index (κ3) is 1.85. The molecule has 0 spiro atoms. The first-order valence-electron chi connectivity index (χ1n) is 2.86. The molecule has 0 aromatic carbocycles. The Bertz CT molecular complexity index is 220. The van der Waals surface area contributed by atoms with Crippen LogP contribution in [0.5, 0.6) is 0 Å². The number of aromatic nitrogens is 1. The van der Waals surface area contributed by atoms with Gasteiger partial charge in [0.25, 0.3) is 0 Å². The number of nitrogens with zero attached hydrogens (tertiary/aromatic N) is 1. The van der Waals surface area contributed by atoms with Gasteiger partial charge in [-0.05, 0) is 6.07 Å². The molecule has 1 heterocycles. The fraction of sp³-hybridized carbons (Fsp3) is 0.143. The van der Waals surface area contributed by atoms with E-state index >= 15 is 0 Å². The van der Waals surface area contributed by atoms with E-state index in [1.807, 2.05) is 0 Å². The van der Waals surface area contributed by atoms with Crippen LogP contribution in [0.2, 0.25) is 0 Å². The highest BCUT2D eigenvalue weighted by Gasteiger charge is 2.03. The Hall–Kier alpha value is -1.38. The normalized spacial score (nSPS) is 9.20. The van der Waals surface area contributed by atoms with Gasteiger partial charge in [0.1, 0.15) is 0 Å². The van der Waals surface area contributed by atoms with E-state index in [9.17, 15) is 4.79 Å². The van der Waals surface area contributed by atoms with Crippen molar-refractivity contribution in [1.82, 2.24) is 0 Å².